The largest absolute Gasteiger partial charge is 0.444 e. The number of fused-ring (bicyclic) bond motifs is 1. The Labute approximate surface area is 150 Å². The Bertz CT molecular complexity index is 826. The van der Waals surface area contributed by atoms with Gasteiger partial charge in [-0.15, -0.1) is 0 Å². The van der Waals surface area contributed by atoms with Crippen molar-refractivity contribution in [3.8, 4) is 0 Å². The van der Waals surface area contributed by atoms with Crippen LogP contribution >= 0.6 is 0 Å². The fraction of sp³-hybridized carbons (Fsp3) is 0.529. The topological polar surface area (TPSA) is 111 Å². The predicted molar refractivity (Wildman–Crippen MR) is 95.1 cm³/mol. The Morgan fingerprint density at radius 2 is 2.23 bits per heavy atom. The van der Waals surface area contributed by atoms with E-state index < -0.39 is 10.5 Å². The lowest BCUT2D eigenvalue weighted by Gasteiger charge is -2.34. The van der Waals surface area contributed by atoms with Gasteiger partial charge in [0.1, 0.15) is 11.1 Å². The molecule has 0 radical (unpaired) electrons. The summed E-state index contributed by atoms with van der Waals surface area (Å²) in [6, 6.07) is 4.54. The molecule has 2 heterocycles. The number of amides is 1. The van der Waals surface area contributed by atoms with Gasteiger partial charge in [0, 0.05) is 31.3 Å². The summed E-state index contributed by atoms with van der Waals surface area (Å²) in [5, 5.41) is 14.0. The molecular weight excluding hydrogens is 340 g/mol. The van der Waals surface area contributed by atoms with Gasteiger partial charge < -0.3 is 19.4 Å². The highest BCUT2D eigenvalue weighted by atomic mass is 16.6. The summed E-state index contributed by atoms with van der Waals surface area (Å²) in [4.78, 5) is 28.5. The van der Waals surface area contributed by atoms with Crippen molar-refractivity contribution in [2.45, 2.75) is 45.3 Å². The van der Waals surface area contributed by atoms with Crippen LogP contribution in [0.3, 0.4) is 0 Å². The monoisotopic (exact) mass is 362 g/mol. The zero-order valence-electron chi connectivity index (χ0n) is 15.0. The highest BCUT2D eigenvalue weighted by Crippen LogP contribution is 2.25. The summed E-state index contributed by atoms with van der Waals surface area (Å²) in [5.74, 6) is 0. The van der Waals surface area contributed by atoms with Crippen molar-refractivity contribution < 1.29 is 18.9 Å². The average Bonchev–Trinajstić information content (AvgIpc) is 2.94. The number of oxazole rings is 1. The predicted octanol–water partition coefficient (Wildman–Crippen LogP) is 3.55. The number of non-ortho nitro benzene ring substituents is 1. The first kappa shape index (κ1) is 18.0. The molecule has 1 aromatic carbocycles. The number of nitrogens with one attached hydrogen (secondary N) is 1. The Kier molecular flexibility index (Phi) is 4.71. The zero-order chi connectivity index (χ0) is 18.9. The molecule has 1 aromatic heterocycles. The van der Waals surface area contributed by atoms with Crippen molar-refractivity contribution in [3.05, 3.63) is 28.3 Å². The van der Waals surface area contributed by atoms with E-state index in [0.717, 1.165) is 12.8 Å². The van der Waals surface area contributed by atoms with Gasteiger partial charge in [-0.05, 0) is 39.7 Å². The van der Waals surface area contributed by atoms with Crippen LogP contribution in [0, 0.1) is 10.1 Å². The van der Waals surface area contributed by atoms with Gasteiger partial charge >= 0.3 is 6.09 Å². The molecule has 1 saturated heterocycles. The molecule has 1 atom stereocenters. The van der Waals surface area contributed by atoms with E-state index in [-0.39, 0.29) is 23.8 Å². The number of carbonyl (C=O) groups excluding carboxylic acids is 1. The number of hydrogen-bond acceptors (Lipinski definition) is 7. The average molecular weight is 362 g/mol. The van der Waals surface area contributed by atoms with Crippen LogP contribution in [0.25, 0.3) is 11.1 Å². The number of ether oxygens (including phenoxy) is 1. The number of benzene rings is 1. The van der Waals surface area contributed by atoms with Crippen LogP contribution in [0.4, 0.5) is 16.5 Å². The van der Waals surface area contributed by atoms with Crippen molar-refractivity contribution in [2.24, 2.45) is 0 Å². The lowest BCUT2D eigenvalue weighted by molar-refractivity contribution is -0.384. The van der Waals surface area contributed by atoms with Gasteiger partial charge in [0.05, 0.1) is 4.92 Å². The molecule has 3 rings (SSSR count). The van der Waals surface area contributed by atoms with Crippen molar-refractivity contribution in [1.29, 1.82) is 0 Å². The van der Waals surface area contributed by atoms with E-state index in [1.54, 1.807) is 4.90 Å². The molecule has 26 heavy (non-hydrogen) atoms. The van der Waals surface area contributed by atoms with Gasteiger partial charge in [-0.1, -0.05) is 0 Å². The van der Waals surface area contributed by atoms with Crippen molar-refractivity contribution >= 4 is 28.9 Å². The van der Waals surface area contributed by atoms with Crippen LogP contribution in [-0.4, -0.2) is 45.6 Å². The van der Waals surface area contributed by atoms with E-state index in [2.05, 4.69) is 10.3 Å². The number of hydrogen-bond donors (Lipinski definition) is 1. The molecule has 0 bridgehead atoms. The maximum absolute atomic E-state index is 12.2. The fourth-order valence-corrected chi connectivity index (χ4v) is 2.85. The molecule has 0 saturated carbocycles. The number of rotatable bonds is 3. The van der Waals surface area contributed by atoms with Crippen LogP contribution in [0.2, 0.25) is 0 Å². The minimum absolute atomic E-state index is 0.0284. The van der Waals surface area contributed by atoms with E-state index in [1.165, 1.54) is 18.2 Å². The summed E-state index contributed by atoms with van der Waals surface area (Å²) >= 11 is 0. The molecule has 1 aliphatic rings. The number of likely N-dealkylation sites (tertiary alicyclic amines) is 1. The minimum atomic E-state index is -0.535. The van der Waals surface area contributed by atoms with Crippen LogP contribution < -0.4 is 5.32 Å². The third-order valence-electron chi connectivity index (χ3n) is 3.98. The van der Waals surface area contributed by atoms with E-state index in [0.29, 0.717) is 24.2 Å². The van der Waals surface area contributed by atoms with E-state index >= 15 is 0 Å². The van der Waals surface area contributed by atoms with Gasteiger partial charge in [-0.3, -0.25) is 10.1 Å². The standard InChI is InChI=1S/C17H22N4O5/c1-17(2,3)26-16(22)20-8-4-5-11(10-20)18-15-19-13-9-12(21(23)24)6-7-14(13)25-15/h6-7,9,11H,4-5,8,10H2,1-3H3,(H,18,19)/t11-/m0/s1. The second kappa shape index (κ2) is 6.81. The highest BCUT2D eigenvalue weighted by molar-refractivity contribution is 5.77. The van der Waals surface area contributed by atoms with E-state index in [1.807, 2.05) is 20.8 Å². The van der Waals surface area contributed by atoms with Crippen molar-refractivity contribution in [3.63, 3.8) is 0 Å². The molecule has 140 valence electrons. The van der Waals surface area contributed by atoms with E-state index in [4.69, 9.17) is 9.15 Å². The molecule has 0 spiro atoms. The quantitative estimate of drug-likeness (QED) is 0.656. The van der Waals surface area contributed by atoms with Crippen LogP contribution in [-0.2, 0) is 4.74 Å². The number of anilines is 1. The molecule has 9 heteroatoms. The summed E-state index contributed by atoms with van der Waals surface area (Å²) < 4.78 is 11.0. The Balaban J connectivity index is 1.67. The van der Waals surface area contributed by atoms with Gasteiger partial charge in [0.15, 0.2) is 5.58 Å². The second-order valence-electron chi connectivity index (χ2n) is 7.34. The summed E-state index contributed by atoms with van der Waals surface area (Å²) in [7, 11) is 0. The molecule has 9 nitrogen and oxygen atoms in total. The maximum Gasteiger partial charge on any atom is 0.410 e. The summed E-state index contributed by atoms with van der Waals surface area (Å²) in [6.45, 7) is 6.63. The zero-order valence-corrected chi connectivity index (χ0v) is 15.0. The van der Waals surface area contributed by atoms with E-state index in [9.17, 15) is 14.9 Å². The molecule has 1 amide bonds. The number of nitro benzene ring substituents is 1. The first-order chi connectivity index (χ1) is 12.2. The minimum Gasteiger partial charge on any atom is -0.444 e. The molecular formula is C17H22N4O5. The number of piperidine rings is 1. The smallest absolute Gasteiger partial charge is 0.410 e. The third kappa shape index (κ3) is 4.22. The molecule has 0 aliphatic carbocycles. The van der Waals surface area contributed by atoms with Crippen molar-refractivity contribution in [2.75, 3.05) is 18.4 Å². The normalized spacial score (nSPS) is 18.0. The Hall–Kier alpha value is -2.84. The summed E-state index contributed by atoms with van der Waals surface area (Å²) in [5.41, 5.74) is 0.317. The first-order valence-corrected chi connectivity index (χ1v) is 8.51. The van der Waals surface area contributed by atoms with Gasteiger partial charge in [-0.2, -0.15) is 4.98 Å². The number of nitro groups is 1. The van der Waals surface area contributed by atoms with Crippen LogP contribution in [0.15, 0.2) is 22.6 Å². The lowest BCUT2D eigenvalue weighted by atomic mass is 10.1. The number of nitrogens with zero attached hydrogens (tertiary/aromatic N) is 3. The Morgan fingerprint density at radius 1 is 1.46 bits per heavy atom. The molecule has 1 fully saturated rings. The lowest BCUT2D eigenvalue weighted by Crippen LogP contribution is -2.47. The highest BCUT2D eigenvalue weighted by Gasteiger charge is 2.28. The number of aromatic nitrogens is 1. The molecule has 0 unspecified atom stereocenters. The first-order valence-electron chi connectivity index (χ1n) is 8.51. The van der Waals surface area contributed by atoms with Gasteiger partial charge in [-0.25, -0.2) is 4.79 Å². The fourth-order valence-electron chi connectivity index (χ4n) is 2.85. The van der Waals surface area contributed by atoms with Crippen molar-refractivity contribution in [1.82, 2.24) is 9.88 Å². The van der Waals surface area contributed by atoms with Crippen LogP contribution in [0.5, 0.6) is 0 Å². The maximum atomic E-state index is 12.2. The third-order valence-corrected chi connectivity index (χ3v) is 3.98. The molecule has 1 N–H and O–H groups in total. The summed E-state index contributed by atoms with van der Waals surface area (Å²) in [6.07, 6.45) is 1.36. The second-order valence-corrected chi connectivity index (χ2v) is 7.34. The van der Waals surface area contributed by atoms with Gasteiger partial charge in [0.25, 0.3) is 11.7 Å². The molecule has 2 aromatic rings. The van der Waals surface area contributed by atoms with Gasteiger partial charge in [0.2, 0.25) is 0 Å². The number of carbonyl (C=O) groups is 1. The Morgan fingerprint density at radius 3 is 2.92 bits per heavy atom. The SMILES string of the molecule is CC(C)(C)OC(=O)N1CCC[C@H](Nc2nc3cc([N+](=O)[O-])ccc3o2)C1. The van der Waals surface area contributed by atoms with Crippen LogP contribution in [0.1, 0.15) is 33.6 Å². The molecule has 1 aliphatic heterocycles.